The van der Waals surface area contributed by atoms with Crippen LogP contribution in [0.5, 0.6) is 0 Å². The first-order valence-corrected chi connectivity index (χ1v) is 7.21. The minimum atomic E-state index is 0.525. The molecule has 1 aromatic heterocycles. The molecule has 2 N–H and O–H groups in total. The van der Waals surface area contributed by atoms with Crippen LogP contribution in [0.2, 0.25) is 0 Å². The zero-order valence-corrected chi connectivity index (χ0v) is 11.3. The molecule has 0 bridgehead atoms. The Balaban J connectivity index is 1.96. The van der Waals surface area contributed by atoms with E-state index in [2.05, 4.69) is 16.3 Å². The Hall–Kier alpha value is -0.420. The molecular weight excluding hydrogens is 232 g/mol. The molecule has 1 atom stereocenters. The SMILES string of the molecule is COCC(CCCN)N1CCc2sccc2C1. The first-order chi connectivity index (χ1) is 8.35. The van der Waals surface area contributed by atoms with Gasteiger partial charge in [-0.05, 0) is 42.8 Å². The smallest absolute Gasteiger partial charge is 0.0618 e. The number of ether oxygens (including phenoxy) is 1. The van der Waals surface area contributed by atoms with E-state index in [1.807, 2.05) is 11.3 Å². The van der Waals surface area contributed by atoms with Crippen LogP contribution in [0, 0.1) is 0 Å². The lowest BCUT2D eigenvalue weighted by Gasteiger charge is -2.34. The second kappa shape index (κ2) is 6.50. The van der Waals surface area contributed by atoms with Gasteiger partial charge in [0.1, 0.15) is 0 Å². The summed E-state index contributed by atoms with van der Waals surface area (Å²) in [6.45, 7) is 3.83. The van der Waals surface area contributed by atoms with Crippen LogP contribution in [0.4, 0.5) is 0 Å². The first kappa shape index (κ1) is 13.0. The number of nitrogens with two attached hydrogens (primary N) is 1. The summed E-state index contributed by atoms with van der Waals surface area (Å²) in [6.07, 6.45) is 3.42. The Morgan fingerprint density at radius 2 is 2.47 bits per heavy atom. The van der Waals surface area contributed by atoms with Gasteiger partial charge in [0.2, 0.25) is 0 Å². The minimum Gasteiger partial charge on any atom is -0.383 e. The number of rotatable bonds is 6. The van der Waals surface area contributed by atoms with E-state index in [0.29, 0.717) is 6.04 Å². The van der Waals surface area contributed by atoms with Gasteiger partial charge in [0.15, 0.2) is 0 Å². The molecule has 1 aromatic rings. The minimum absolute atomic E-state index is 0.525. The predicted molar refractivity (Wildman–Crippen MR) is 72.4 cm³/mol. The molecule has 0 spiro atoms. The lowest BCUT2D eigenvalue weighted by atomic mass is 10.0. The summed E-state index contributed by atoms with van der Waals surface area (Å²) in [5, 5.41) is 2.21. The molecule has 1 aliphatic heterocycles. The van der Waals surface area contributed by atoms with Crippen molar-refractivity contribution in [1.82, 2.24) is 4.90 Å². The predicted octanol–water partition coefficient (Wildman–Crippen LogP) is 1.86. The van der Waals surface area contributed by atoms with Crippen LogP contribution < -0.4 is 5.73 Å². The van der Waals surface area contributed by atoms with Crippen molar-refractivity contribution in [2.45, 2.75) is 31.8 Å². The van der Waals surface area contributed by atoms with Crippen molar-refractivity contribution in [3.05, 3.63) is 21.9 Å². The van der Waals surface area contributed by atoms with Crippen LogP contribution in [0.15, 0.2) is 11.4 Å². The van der Waals surface area contributed by atoms with Gasteiger partial charge in [-0.3, -0.25) is 4.90 Å². The Bertz CT molecular complexity index is 340. The van der Waals surface area contributed by atoms with E-state index in [1.165, 1.54) is 12.0 Å². The number of thiophene rings is 1. The maximum atomic E-state index is 5.60. The van der Waals surface area contributed by atoms with E-state index in [9.17, 15) is 0 Å². The molecule has 2 heterocycles. The summed E-state index contributed by atoms with van der Waals surface area (Å²) in [5.41, 5.74) is 7.11. The van der Waals surface area contributed by atoms with Gasteiger partial charge in [-0.1, -0.05) is 0 Å². The maximum Gasteiger partial charge on any atom is 0.0618 e. The summed E-state index contributed by atoms with van der Waals surface area (Å²) in [4.78, 5) is 4.12. The molecule has 0 aliphatic carbocycles. The molecular formula is C13H22N2OS. The molecule has 17 heavy (non-hydrogen) atoms. The second-order valence-electron chi connectivity index (χ2n) is 4.63. The van der Waals surface area contributed by atoms with Crippen molar-refractivity contribution < 1.29 is 4.74 Å². The fraction of sp³-hybridized carbons (Fsp3) is 0.692. The highest BCUT2D eigenvalue weighted by atomic mass is 32.1. The third-order valence-corrected chi connectivity index (χ3v) is 4.48. The fourth-order valence-electron chi connectivity index (χ4n) is 2.50. The number of nitrogens with zero attached hydrogens (tertiary/aromatic N) is 1. The van der Waals surface area contributed by atoms with Crippen molar-refractivity contribution in [3.8, 4) is 0 Å². The standard InChI is InChI=1S/C13H22N2OS/c1-16-10-12(3-2-6-14)15-7-4-13-11(9-15)5-8-17-13/h5,8,12H,2-4,6-7,9-10,14H2,1H3. The topological polar surface area (TPSA) is 38.5 Å². The van der Waals surface area contributed by atoms with E-state index >= 15 is 0 Å². The van der Waals surface area contributed by atoms with Crippen molar-refractivity contribution in [3.63, 3.8) is 0 Å². The molecule has 0 aromatic carbocycles. The van der Waals surface area contributed by atoms with Crippen LogP contribution in [0.3, 0.4) is 0 Å². The Morgan fingerprint density at radius 3 is 3.24 bits per heavy atom. The van der Waals surface area contributed by atoms with Gasteiger partial charge in [0.25, 0.3) is 0 Å². The second-order valence-corrected chi connectivity index (χ2v) is 5.63. The van der Waals surface area contributed by atoms with Crippen molar-refractivity contribution in [2.24, 2.45) is 5.73 Å². The monoisotopic (exact) mass is 254 g/mol. The van der Waals surface area contributed by atoms with Crippen LogP contribution in [-0.4, -0.2) is 37.7 Å². The summed E-state index contributed by atoms with van der Waals surface area (Å²) in [7, 11) is 1.79. The highest BCUT2D eigenvalue weighted by Gasteiger charge is 2.23. The quantitative estimate of drug-likeness (QED) is 0.842. The number of fused-ring (bicyclic) bond motifs is 1. The van der Waals surface area contributed by atoms with Crippen molar-refractivity contribution in [2.75, 3.05) is 26.8 Å². The highest BCUT2D eigenvalue weighted by molar-refractivity contribution is 7.10. The van der Waals surface area contributed by atoms with Crippen LogP contribution in [-0.2, 0) is 17.7 Å². The molecule has 0 radical (unpaired) electrons. The molecule has 3 nitrogen and oxygen atoms in total. The van der Waals surface area contributed by atoms with Gasteiger partial charge in [-0.15, -0.1) is 11.3 Å². The summed E-state index contributed by atoms with van der Waals surface area (Å²) >= 11 is 1.89. The van der Waals surface area contributed by atoms with Crippen molar-refractivity contribution in [1.29, 1.82) is 0 Å². The van der Waals surface area contributed by atoms with E-state index in [0.717, 1.165) is 39.1 Å². The molecule has 4 heteroatoms. The third kappa shape index (κ3) is 3.28. The number of hydrogen-bond acceptors (Lipinski definition) is 4. The first-order valence-electron chi connectivity index (χ1n) is 6.33. The lowest BCUT2D eigenvalue weighted by molar-refractivity contribution is 0.0760. The largest absolute Gasteiger partial charge is 0.383 e. The van der Waals surface area contributed by atoms with Gasteiger partial charge in [-0.2, -0.15) is 0 Å². The summed E-state index contributed by atoms with van der Waals surface area (Å²) in [5.74, 6) is 0. The van der Waals surface area contributed by atoms with Gasteiger partial charge in [0.05, 0.1) is 6.61 Å². The van der Waals surface area contributed by atoms with Crippen LogP contribution in [0.1, 0.15) is 23.3 Å². The number of hydrogen-bond donors (Lipinski definition) is 1. The zero-order chi connectivity index (χ0) is 12.1. The van der Waals surface area contributed by atoms with Gasteiger partial charge in [-0.25, -0.2) is 0 Å². The Morgan fingerprint density at radius 1 is 1.59 bits per heavy atom. The van der Waals surface area contributed by atoms with Crippen molar-refractivity contribution >= 4 is 11.3 Å². The summed E-state index contributed by atoms with van der Waals surface area (Å²) < 4.78 is 5.34. The average Bonchev–Trinajstić information content (AvgIpc) is 2.81. The summed E-state index contributed by atoms with van der Waals surface area (Å²) in [6, 6.07) is 2.79. The lowest BCUT2D eigenvalue weighted by Crippen LogP contribution is -2.41. The molecule has 0 amide bonds. The number of methoxy groups -OCH3 is 1. The van der Waals surface area contributed by atoms with E-state index in [-0.39, 0.29) is 0 Å². The van der Waals surface area contributed by atoms with Gasteiger partial charge >= 0.3 is 0 Å². The normalized spacial score (nSPS) is 18.0. The third-order valence-electron chi connectivity index (χ3n) is 3.45. The molecule has 0 fully saturated rings. The molecule has 1 aliphatic rings. The molecule has 0 saturated carbocycles. The molecule has 1 unspecified atom stereocenters. The average molecular weight is 254 g/mol. The van der Waals surface area contributed by atoms with E-state index in [1.54, 1.807) is 12.0 Å². The fourth-order valence-corrected chi connectivity index (χ4v) is 3.39. The van der Waals surface area contributed by atoms with E-state index < -0.39 is 0 Å². The van der Waals surface area contributed by atoms with Gasteiger partial charge in [0, 0.05) is 31.1 Å². The maximum absolute atomic E-state index is 5.60. The zero-order valence-electron chi connectivity index (χ0n) is 10.5. The van der Waals surface area contributed by atoms with E-state index in [4.69, 9.17) is 10.5 Å². The Kier molecular flexibility index (Phi) is 4.98. The molecule has 2 rings (SSSR count). The van der Waals surface area contributed by atoms with Crippen LogP contribution in [0.25, 0.3) is 0 Å². The molecule has 96 valence electrons. The van der Waals surface area contributed by atoms with Gasteiger partial charge < -0.3 is 10.5 Å². The molecule has 0 saturated heterocycles. The Labute approximate surface area is 108 Å². The highest BCUT2D eigenvalue weighted by Crippen LogP contribution is 2.26. The van der Waals surface area contributed by atoms with Crippen LogP contribution >= 0.6 is 11.3 Å².